The third-order valence-electron chi connectivity index (χ3n) is 4.21. The second-order valence-electron chi connectivity index (χ2n) is 5.94. The van der Waals surface area contributed by atoms with Crippen LogP contribution in [-0.2, 0) is 10.0 Å². The van der Waals surface area contributed by atoms with Gasteiger partial charge in [0, 0.05) is 25.2 Å². The fraction of sp³-hybridized carbons (Fsp3) is 0.278. The molecule has 0 spiro atoms. The quantitative estimate of drug-likeness (QED) is 0.535. The molecule has 150 valence electrons. The van der Waals surface area contributed by atoms with Crippen LogP contribution < -0.4 is 5.32 Å². The fourth-order valence-electron chi connectivity index (χ4n) is 2.60. The topological polar surface area (TPSA) is 110 Å². The third kappa shape index (κ3) is 4.49. The summed E-state index contributed by atoms with van der Waals surface area (Å²) in [5.41, 5.74) is 0.639. The summed E-state index contributed by atoms with van der Waals surface area (Å²) in [6.45, 7) is 5.69. The smallest absolute Gasteiger partial charge is 0.271 e. The van der Waals surface area contributed by atoms with E-state index >= 15 is 0 Å². The van der Waals surface area contributed by atoms with Crippen molar-refractivity contribution in [1.29, 1.82) is 0 Å². The van der Waals surface area contributed by atoms with Gasteiger partial charge in [-0.05, 0) is 30.7 Å². The van der Waals surface area contributed by atoms with Gasteiger partial charge in [-0.3, -0.25) is 14.9 Å². The highest BCUT2D eigenvalue weighted by molar-refractivity contribution is 7.89. The minimum absolute atomic E-state index is 0.0409. The van der Waals surface area contributed by atoms with Crippen LogP contribution in [0, 0.1) is 17.0 Å². The highest BCUT2D eigenvalue weighted by Crippen LogP contribution is 2.26. The molecule has 2 aromatic carbocycles. The average Bonchev–Trinajstić information content (AvgIpc) is 2.64. The van der Waals surface area contributed by atoms with Crippen molar-refractivity contribution in [2.45, 2.75) is 25.7 Å². The van der Waals surface area contributed by atoms with Crippen molar-refractivity contribution in [2.24, 2.45) is 0 Å². The highest BCUT2D eigenvalue weighted by Gasteiger charge is 2.24. The summed E-state index contributed by atoms with van der Waals surface area (Å²) in [5.74, 6) is -0.662. The summed E-state index contributed by atoms with van der Waals surface area (Å²) in [6.07, 6.45) is 0. The minimum Gasteiger partial charge on any atom is -0.321 e. The van der Waals surface area contributed by atoms with E-state index in [1.54, 1.807) is 20.8 Å². The highest BCUT2D eigenvalue weighted by atomic mass is 35.5. The van der Waals surface area contributed by atoms with Gasteiger partial charge < -0.3 is 5.32 Å². The average molecular weight is 426 g/mol. The summed E-state index contributed by atoms with van der Waals surface area (Å²) in [6, 6.07) is 7.96. The van der Waals surface area contributed by atoms with E-state index in [1.165, 1.54) is 40.7 Å². The van der Waals surface area contributed by atoms with Gasteiger partial charge in [0.05, 0.1) is 26.1 Å². The van der Waals surface area contributed by atoms with Crippen LogP contribution in [0.5, 0.6) is 0 Å². The molecule has 8 nitrogen and oxygen atoms in total. The van der Waals surface area contributed by atoms with E-state index in [-0.39, 0.29) is 39.9 Å². The number of rotatable bonds is 7. The van der Waals surface area contributed by atoms with E-state index in [9.17, 15) is 23.3 Å². The molecule has 0 aliphatic carbocycles. The zero-order valence-corrected chi connectivity index (χ0v) is 17.2. The first-order chi connectivity index (χ1) is 13.1. The Morgan fingerprint density at radius 3 is 2.39 bits per heavy atom. The maximum absolute atomic E-state index is 12.7. The molecule has 0 aromatic heterocycles. The third-order valence-corrected chi connectivity index (χ3v) is 6.58. The Morgan fingerprint density at radius 1 is 1.18 bits per heavy atom. The van der Waals surface area contributed by atoms with Crippen molar-refractivity contribution >= 4 is 38.9 Å². The van der Waals surface area contributed by atoms with Crippen molar-refractivity contribution in [2.75, 3.05) is 18.4 Å². The Bertz CT molecular complexity index is 1020. The molecule has 0 saturated heterocycles. The Kier molecular flexibility index (Phi) is 6.76. The number of hydrogen-bond acceptors (Lipinski definition) is 5. The van der Waals surface area contributed by atoms with Crippen molar-refractivity contribution in [1.82, 2.24) is 4.31 Å². The number of non-ortho nitro benzene ring substituents is 1. The lowest BCUT2D eigenvalue weighted by atomic mass is 10.1. The van der Waals surface area contributed by atoms with Crippen LogP contribution in [0.1, 0.15) is 29.8 Å². The molecule has 0 unspecified atom stereocenters. The lowest BCUT2D eigenvalue weighted by Crippen LogP contribution is -2.30. The van der Waals surface area contributed by atoms with Gasteiger partial charge >= 0.3 is 0 Å². The number of amides is 1. The van der Waals surface area contributed by atoms with Crippen LogP contribution in [0.3, 0.4) is 0 Å². The van der Waals surface area contributed by atoms with Gasteiger partial charge in [-0.15, -0.1) is 0 Å². The summed E-state index contributed by atoms with van der Waals surface area (Å²) in [5, 5.41) is 13.6. The predicted octanol–water partition coefficient (Wildman–Crippen LogP) is 3.84. The van der Waals surface area contributed by atoms with Crippen molar-refractivity contribution < 1.29 is 18.1 Å². The summed E-state index contributed by atoms with van der Waals surface area (Å²) in [4.78, 5) is 23.0. The van der Waals surface area contributed by atoms with Crippen LogP contribution >= 0.6 is 11.6 Å². The van der Waals surface area contributed by atoms with Crippen LogP contribution in [0.25, 0.3) is 0 Å². The van der Waals surface area contributed by atoms with Gasteiger partial charge in [0.1, 0.15) is 0 Å². The molecule has 0 aliphatic heterocycles. The maximum atomic E-state index is 12.7. The summed E-state index contributed by atoms with van der Waals surface area (Å²) in [7, 11) is -3.77. The molecule has 1 amide bonds. The molecule has 1 N–H and O–H groups in total. The predicted molar refractivity (Wildman–Crippen MR) is 107 cm³/mol. The van der Waals surface area contributed by atoms with E-state index < -0.39 is 20.9 Å². The molecule has 0 radical (unpaired) electrons. The second kappa shape index (κ2) is 8.68. The van der Waals surface area contributed by atoms with Crippen LogP contribution in [-0.4, -0.2) is 36.6 Å². The number of nitrogens with one attached hydrogen (secondary N) is 1. The monoisotopic (exact) mass is 425 g/mol. The molecule has 0 aliphatic rings. The van der Waals surface area contributed by atoms with Crippen LogP contribution in [0.2, 0.25) is 5.02 Å². The molecular formula is C18H20ClN3O5S. The maximum Gasteiger partial charge on any atom is 0.271 e. The Balaban J connectivity index is 2.42. The van der Waals surface area contributed by atoms with Gasteiger partial charge in [-0.1, -0.05) is 31.5 Å². The number of hydrogen-bond donors (Lipinski definition) is 1. The van der Waals surface area contributed by atoms with Gasteiger partial charge in [0.25, 0.3) is 11.6 Å². The largest absolute Gasteiger partial charge is 0.321 e. The van der Waals surface area contributed by atoms with Crippen molar-refractivity contribution in [3.05, 3.63) is 62.7 Å². The van der Waals surface area contributed by atoms with Crippen molar-refractivity contribution in [3.63, 3.8) is 0 Å². The Labute approximate surface area is 168 Å². The molecule has 2 aromatic rings. The normalized spacial score (nSPS) is 11.5. The molecule has 0 fully saturated rings. The molecule has 2 rings (SSSR count). The first-order valence-electron chi connectivity index (χ1n) is 8.47. The molecular weight excluding hydrogens is 406 g/mol. The Morgan fingerprint density at radius 2 is 1.82 bits per heavy atom. The number of aryl methyl sites for hydroxylation is 1. The van der Waals surface area contributed by atoms with Gasteiger partial charge in [0.15, 0.2) is 0 Å². The number of carbonyl (C=O) groups is 1. The standard InChI is InChI=1S/C18H20ClN3O5S/c1-4-21(5-2)28(26,27)14-8-9-16(19)15(11-14)18(23)20-17-10-13(22(24)25)7-6-12(17)3/h6-11H,4-5H2,1-3H3,(H,20,23). The van der Waals surface area contributed by atoms with E-state index in [2.05, 4.69) is 5.32 Å². The molecule has 10 heteroatoms. The number of nitro benzene ring substituents is 1. The fourth-order valence-corrected chi connectivity index (χ4v) is 4.29. The zero-order valence-electron chi connectivity index (χ0n) is 15.6. The van der Waals surface area contributed by atoms with E-state index in [1.807, 2.05) is 0 Å². The number of anilines is 1. The molecule has 0 heterocycles. The molecule has 28 heavy (non-hydrogen) atoms. The van der Waals surface area contributed by atoms with Crippen LogP contribution in [0.4, 0.5) is 11.4 Å². The molecule has 0 saturated carbocycles. The van der Waals surface area contributed by atoms with Gasteiger partial charge in [-0.2, -0.15) is 4.31 Å². The number of sulfonamides is 1. The number of nitrogens with zero attached hydrogens (tertiary/aromatic N) is 2. The minimum atomic E-state index is -3.77. The number of carbonyl (C=O) groups excluding carboxylic acids is 1. The second-order valence-corrected chi connectivity index (χ2v) is 8.29. The van der Waals surface area contributed by atoms with E-state index in [0.29, 0.717) is 5.56 Å². The Hall–Kier alpha value is -2.49. The van der Waals surface area contributed by atoms with E-state index in [0.717, 1.165) is 0 Å². The van der Waals surface area contributed by atoms with Gasteiger partial charge in [-0.25, -0.2) is 8.42 Å². The SMILES string of the molecule is CCN(CC)S(=O)(=O)c1ccc(Cl)c(C(=O)Nc2cc([N+](=O)[O-])ccc2C)c1. The first-order valence-corrected chi connectivity index (χ1v) is 10.3. The van der Waals surface area contributed by atoms with E-state index in [4.69, 9.17) is 11.6 Å². The number of halogens is 1. The zero-order chi connectivity index (χ0) is 21.1. The molecule has 0 bridgehead atoms. The van der Waals surface area contributed by atoms with Crippen molar-refractivity contribution in [3.8, 4) is 0 Å². The number of nitro groups is 1. The molecule has 0 atom stereocenters. The summed E-state index contributed by atoms with van der Waals surface area (Å²) < 4.78 is 26.6. The lowest BCUT2D eigenvalue weighted by Gasteiger charge is -2.19. The van der Waals surface area contributed by atoms with Gasteiger partial charge in [0.2, 0.25) is 10.0 Å². The number of benzene rings is 2. The first kappa shape index (κ1) is 21.8. The van der Waals surface area contributed by atoms with Crippen LogP contribution in [0.15, 0.2) is 41.3 Å². The summed E-state index contributed by atoms with van der Waals surface area (Å²) >= 11 is 6.10. The lowest BCUT2D eigenvalue weighted by molar-refractivity contribution is -0.384.